The molecule has 0 aliphatic heterocycles. The number of rotatable bonds is 6. The Labute approximate surface area is 148 Å². The molecule has 0 spiro atoms. The van der Waals surface area contributed by atoms with Crippen molar-refractivity contribution >= 4 is 34.0 Å². The van der Waals surface area contributed by atoms with E-state index in [0.717, 1.165) is 5.56 Å². The topological polar surface area (TPSA) is 63.4 Å². The Balaban J connectivity index is 0.00000264. The van der Waals surface area contributed by atoms with Crippen LogP contribution in [0.15, 0.2) is 53.4 Å². The number of hydrogen-bond acceptors (Lipinski definition) is 3. The molecular formula is C16H20Cl2N2O2S. The zero-order valence-corrected chi connectivity index (χ0v) is 15.2. The molecule has 2 rings (SSSR count). The Morgan fingerprint density at radius 2 is 1.74 bits per heavy atom. The smallest absolute Gasteiger partial charge is 0.243 e. The van der Waals surface area contributed by atoms with Crippen LogP contribution in [0.1, 0.15) is 11.1 Å². The van der Waals surface area contributed by atoms with E-state index in [9.17, 15) is 8.42 Å². The second-order valence-electron chi connectivity index (χ2n) is 4.98. The lowest BCUT2D eigenvalue weighted by Crippen LogP contribution is -2.35. The molecule has 0 bridgehead atoms. The van der Waals surface area contributed by atoms with Gasteiger partial charge >= 0.3 is 0 Å². The predicted molar refractivity (Wildman–Crippen MR) is 96.5 cm³/mol. The molecule has 0 saturated carbocycles. The van der Waals surface area contributed by atoms with Gasteiger partial charge in [-0.15, -0.1) is 12.4 Å². The van der Waals surface area contributed by atoms with Gasteiger partial charge in [-0.1, -0.05) is 48.0 Å². The van der Waals surface area contributed by atoms with Crippen LogP contribution in [0.4, 0.5) is 0 Å². The number of nitrogens with two attached hydrogens (primary N) is 1. The van der Waals surface area contributed by atoms with Crippen LogP contribution >= 0.6 is 24.0 Å². The minimum Gasteiger partial charge on any atom is -0.329 e. The highest BCUT2D eigenvalue weighted by Gasteiger charge is 2.26. The maximum Gasteiger partial charge on any atom is 0.243 e. The molecule has 0 aliphatic rings. The van der Waals surface area contributed by atoms with E-state index < -0.39 is 10.0 Å². The lowest BCUT2D eigenvalue weighted by atomic mass is 10.2. The van der Waals surface area contributed by atoms with E-state index in [1.54, 1.807) is 25.1 Å². The molecule has 2 N–H and O–H groups in total. The molecule has 0 heterocycles. The van der Waals surface area contributed by atoms with Crippen molar-refractivity contribution in [3.63, 3.8) is 0 Å². The molecular weight excluding hydrogens is 355 g/mol. The summed E-state index contributed by atoms with van der Waals surface area (Å²) in [6.45, 7) is 2.50. The first kappa shape index (κ1) is 19.9. The van der Waals surface area contributed by atoms with Crippen LogP contribution < -0.4 is 5.73 Å². The molecule has 7 heteroatoms. The van der Waals surface area contributed by atoms with Gasteiger partial charge in [0, 0.05) is 24.7 Å². The summed E-state index contributed by atoms with van der Waals surface area (Å²) in [6, 6.07) is 14.3. The van der Waals surface area contributed by atoms with Gasteiger partial charge < -0.3 is 5.73 Å². The Morgan fingerprint density at radius 3 is 2.35 bits per heavy atom. The fourth-order valence-electron chi connectivity index (χ4n) is 2.22. The second-order valence-corrected chi connectivity index (χ2v) is 7.29. The number of hydrogen-bond donors (Lipinski definition) is 1. The fourth-order valence-corrected chi connectivity index (χ4v) is 4.14. The molecule has 2 aromatic rings. The summed E-state index contributed by atoms with van der Waals surface area (Å²) in [5, 5.41) is 0.438. The normalized spacial score (nSPS) is 11.3. The minimum atomic E-state index is -3.65. The zero-order valence-electron chi connectivity index (χ0n) is 12.8. The first-order chi connectivity index (χ1) is 10.5. The van der Waals surface area contributed by atoms with Crippen molar-refractivity contribution in [2.45, 2.75) is 18.4 Å². The van der Waals surface area contributed by atoms with Gasteiger partial charge in [-0.25, -0.2) is 8.42 Å². The van der Waals surface area contributed by atoms with E-state index >= 15 is 0 Å². The van der Waals surface area contributed by atoms with Crippen LogP contribution in [0.25, 0.3) is 0 Å². The molecule has 0 unspecified atom stereocenters. The molecule has 0 saturated heterocycles. The van der Waals surface area contributed by atoms with Gasteiger partial charge in [-0.05, 0) is 30.2 Å². The van der Waals surface area contributed by atoms with Crippen molar-refractivity contribution in [1.29, 1.82) is 0 Å². The third-order valence-corrected chi connectivity index (χ3v) is 5.82. The molecule has 0 aliphatic carbocycles. The maximum absolute atomic E-state index is 12.9. The predicted octanol–water partition coefficient (Wildman–Crippen LogP) is 3.22. The summed E-state index contributed by atoms with van der Waals surface area (Å²) < 4.78 is 27.2. The highest BCUT2D eigenvalue weighted by Crippen LogP contribution is 2.26. The Morgan fingerprint density at radius 1 is 1.09 bits per heavy atom. The molecule has 0 aromatic heterocycles. The van der Waals surface area contributed by atoms with Crippen molar-refractivity contribution < 1.29 is 8.42 Å². The van der Waals surface area contributed by atoms with Gasteiger partial charge in [0.25, 0.3) is 0 Å². The zero-order chi connectivity index (χ0) is 16.2. The average molecular weight is 375 g/mol. The Hall–Kier alpha value is -1.11. The summed E-state index contributed by atoms with van der Waals surface area (Å²) in [6.07, 6.45) is 0. The summed E-state index contributed by atoms with van der Waals surface area (Å²) in [5.41, 5.74) is 7.06. The van der Waals surface area contributed by atoms with Crippen LogP contribution in [0.3, 0.4) is 0 Å². The first-order valence-electron chi connectivity index (χ1n) is 6.96. The van der Waals surface area contributed by atoms with Crippen molar-refractivity contribution in [1.82, 2.24) is 4.31 Å². The second kappa shape index (κ2) is 8.66. The van der Waals surface area contributed by atoms with Crippen LogP contribution in [0.2, 0.25) is 5.02 Å². The van der Waals surface area contributed by atoms with Crippen molar-refractivity contribution in [2.75, 3.05) is 13.1 Å². The number of benzene rings is 2. The fraction of sp³-hybridized carbons (Fsp3) is 0.250. The highest BCUT2D eigenvalue weighted by molar-refractivity contribution is 7.89. The van der Waals surface area contributed by atoms with Gasteiger partial charge in [0.15, 0.2) is 0 Å². The number of sulfonamides is 1. The van der Waals surface area contributed by atoms with E-state index in [1.807, 2.05) is 30.3 Å². The summed E-state index contributed by atoms with van der Waals surface area (Å²) >= 11 is 6.05. The van der Waals surface area contributed by atoms with E-state index in [0.29, 0.717) is 10.6 Å². The van der Waals surface area contributed by atoms with Crippen molar-refractivity contribution in [3.8, 4) is 0 Å². The molecule has 0 radical (unpaired) electrons. The Kier molecular flexibility index (Phi) is 7.51. The van der Waals surface area contributed by atoms with Gasteiger partial charge in [0.2, 0.25) is 10.0 Å². The molecule has 0 atom stereocenters. The van der Waals surface area contributed by atoms with E-state index in [2.05, 4.69) is 0 Å². The third-order valence-electron chi connectivity index (χ3n) is 3.42. The quantitative estimate of drug-likeness (QED) is 0.843. The SMILES string of the molecule is Cc1c(Cl)cccc1S(=O)(=O)N(CCN)Cc1ccccc1.Cl. The lowest BCUT2D eigenvalue weighted by molar-refractivity contribution is 0.413. The monoisotopic (exact) mass is 374 g/mol. The molecule has 0 fully saturated rings. The molecule has 126 valence electrons. The largest absolute Gasteiger partial charge is 0.329 e. The third kappa shape index (κ3) is 4.68. The average Bonchev–Trinajstić information content (AvgIpc) is 2.50. The van der Waals surface area contributed by atoms with E-state index in [4.69, 9.17) is 17.3 Å². The molecule has 4 nitrogen and oxygen atoms in total. The van der Waals surface area contributed by atoms with Crippen LogP contribution in [-0.4, -0.2) is 25.8 Å². The number of nitrogens with zero attached hydrogens (tertiary/aromatic N) is 1. The number of halogens is 2. The summed E-state index contributed by atoms with van der Waals surface area (Å²) in [5.74, 6) is 0. The van der Waals surface area contributed by atoms with Crippen molar-refractivity contribution in [3.05, 3.63) is 64.7 Å². The van der Waals surface area contributed by atoms with Crippen LogP contribution in [0, 0.1) is 6.92 Å². The maximum atomic E-state index is 12.9. The molecule has 0 amide bonds. The highest BCUT2D eigenvalue weighted by atomic mass is 35.5. The van der Waals surface area contributed by atoms with Gasteiger partial charge in [-0.3, -0.25) is 0 Å². The molecule has 23 heavy (non-hydrogen) atoms. The van der Waals surface area contributed by atoms with Crippen LogP contribution in [0.5, 0.6) is 0 Å². The van der Waals surface area contributed by atoms with Crippen LogP contribution in [-0.2, 0) is 16.6 Å². The van der Waals surface area contributed by atoms with Gasteiger partial charge in [0.1, 0.15) is 0 Å². The van der Waals surface area contributed by atoms with E-state index in [-0.39, 0.29) is 36.9 Å². The summed E-state index contributed by atoms with van der Waals surface area (Å²) in [4.78, 5) is 0.226. The van der Waals surface area contributed by atoms with Gasteiger partial charge in [0.05, 0.1) is 4.90 Å². The Bertz CT molecular complexity index is 737. The standard InChI is InChI=1S/C16H19ClN2O2S.ClH/c1-13-15(17)8-5-9-16(13)22(20,21)19(11-10-18)12-14-6-3-2-4-7-14;/h2-9H,10-12,18H2,1H3;1H. The first-order valence-corrected chi connectivity index (χ1v) is 8.78. The molecule has 2 aromatic carbocycles. The van der Waals surface area contributed by atoms with Crippen molar-refractivity contribution in [2.24, 2.45) is 5.73 Å². The lowest BCUT2D eigenvalue weighted by Gasteiger charge is -2.23. The minimum absolute atomic E-state index is 0. The van der Waals surface area contributed by atoms with E-state index in [1.165, 1.54) is 4.31 Å². The summed E-state index contributed by atoms with van der Waals surface area (Å²) in [7, 11) is -3.65. The van der Waals surface area contributed by atoms with Gasteiger partial charge in [-0.2, -0.15) is 4.31 Å².